The zero-order valence-electron chi connectivity index (χ0n) is 19.0. The number of anilines is 1. The van der Waals surface area contributed by atoms with Gasteiger partial charge in [-0.15, -0.1) is 0 Å². The van der Waals surface area contributed by atoms with Crippen molar-refractivity contribution in [1.82, 2.24) is 20.1 Å². The first-order valence-electron chi connectivity index (χ1n) is 11.7. The zero-order valence-corrected chi connectivity index (χ0v) is 19.0. The van der Waals surface area contributed by atoms with Gasteiger partial charge in [0.15, 0.2) is 5.65 Å². The number of hydrogen-bond donors (Lipinski definition) is 3. The lowest BCUT2D eigenvalue weighted by molar-refractivity contribution is 0.0821. The van der Waals surface area contributed by atoms with Crippen LogP contribution in [0.25, 0.3) is 11.0 Å². The van der Waals surface area contributed by atoms with E-state index in [0.717, 1.165) is 35.1 Å². The van der Waals surface area contributed by atoms with Gasteiger partial charge >= 0.3 is 0 Å². The molecule has 1 aromatic carbocycles. The molecule has 1 fully saturated rings. The Morgan fingerprint density at radius 3 is 2.56 bits per heavy atom. The quantitative estimate of drug-likeness (QED) is 0.493. The van der Waals surface area contributed by atoms with E-state index >= 15 is 0 Å². The summed E-state index contributed by atoms with van der Waals surface area (Å²) in [6.45, 7) is 4.52. The summed E-state index contributed by atoms with van der Waals surface area (Å²) >= 11 is 0. The van der Waals surface area contributed by atoms with Crippen LogP contribution in [0, 0.1) is 0 Å². The van der Waals surface area contributed by atoms with E-state index in [0.29, 0.717) is 24.6 Å². The molecule has 7 nitrogen and oxygen atoms in total. The predicted molar refractivity (Wildman–Crippen MR) is 127 cm³/mol. The van der Waals surface area contributed by atoms with E-state index in [1.807, 2.05) is 48.9 Å². The fraction of sp³-hybridized carbons (Fsp3) is 0.480. The largest absolute Gasteiger partial charge is 0.394 e. The SMILES string of the molecule is CCn1ncc2c(NC3CCCCC3)c(C(=O)NC(CC)(CO)c3ccccc3)cnc21. The van der Waals surface area contributed by atoms with E-state index in [4.69, 9.17) is 0 Å². The van der Waals surface area contributed by atoms with Crippen molar-refractivity contribution in [3.05, 3.63) is 53.9 Å². The number of aryl methyl sites for hydroxylation is 1. The molecule has 1 amide bonds. The summed E-state index contributed by atoms with van der Waals surface area (Å²) in [7, 11) is 0. The second-order valence-electron chi connectivity index (χ2n) is 8.64. The van der Waals surface area contributed by atoms with E-state index in [1.54, 1.807) is 12.4 Å². The Morgan fingerprint density at radius 2 is 1.91 bits per heavy atom. The van der Waals surface area contributed by atoms with Gasteiger partial charge in [0.1, 0.15) is 0 Å². The van der Waals surface area contributed by atoms with Crippen molar-refractivity contribution in [2.75, 3.05) is 11.9 Å². The average Bonchev–Trinajstić information content (AvgIpc) is 3.27. The molecule has 2 aromatic heterocycles. The van der Waals surface area contributed by atoms with Crippen LogP contribution in [0.4, 0.5) is 5.69 Å². The maximum atomic E-state index is 13.6. The third kappa shape index (κ3) is 4.21. The van der Waals surface area contributed by atoms with Crippen molar-refractivity contribution in [3.63, 3.8) is 0 Å². The lowest BCUT2D eigenvalue weighted by Gasteiger charge is -2.33. The Labute approximate surface area is 189 Å². The smallest absolute Gasteiger partial charge is 0.255 e. The second kappa shape index (κ2) is 9.69. The monoisotopic (exact) mass is 435 g/mol. The highest BCUT2D eigenvalue weighted by atomic mass is 16.3. The Bertz CT molecular complexity index is 1050. The minimum Gasteiger partial charge on any atom is -0.394 e. The fourth-order valence-corrected chi connectivity index (χ4v) is 4.69. The highest BCUT2D eigenvalue weighted by molar-refractivity contribution is 6.06. The van der Waals surface area contributed by atoms with Crippen LogP contribution in [0.15, 0.2) is 42.7 Å². The molecule has 0 radical (unpaired) electrons. The van der Waals surface area contributed by atoms with Gasteiger partial charge in [-0.25, -0.2) is 9.67 Å². The van der Waals surface area contributed by atoms with Gasteiger partial charge in [0.25, 0.3) is 5.91 Å². The molecule has 7 heteroatoms. The summed E-state index contributed by atoms with van der Waals surface area (Å²) in [5.41, 5.74) is 2.07. The molecule has 0 bridgehead atoms. The number of amides is 1. The van der Waals surface area contributed by atoms with Crippen LogP contribution in [0.3, 0.4) is 0 Å². The minimum absolute atomic E-state index is 0.186. The van der Waals surface area contributed by atoms with E-state index < -0.39 is 5.54 Å². The minimum atomic E-state index is -0.858. The third-order valence-corrected chi connectivity index (χ3v) is 6.72. The van der Waals surface area contributed by atoms with Gasteiger partial charge in [-0.3, -0.25) is 4.79 Å². The van der Waals surface area contributed by atoms with Crippen LogP contribution in [-0.4, -0.2) is 38.4 Å². The number of nitrogens with one attached hydrogen (secondary N) is 2. The number of carbonyl (C=O) groups excluding carboxylic acids is 1. The first kappa shape index (κ1) is 22.3. The molecule has 1 unspecified atom stereocenters. The standard InChI is InChI=1S/C25H33N5O2/c1-3-25(17-31,18-11-7-5-8-12-18)29-24(32)21-15-26-23-20(16-27-30(23)4-2)22(21)28-19-13-9-6-10-14-19/h5,7-8,11-12,15-16,19,31H,3-4,6,9-10,13-14,17H2,1-2H3,(H,26,28)(H,29,32). The maximum Gasteiger partial charge on any atom is 0.255 e. The number of aliphatic hydroxyl groups excluding tert-OH is 1. The highest BCUT2D eigenvalue weighted by Gasteiger charge is 2.33. The van der Waals surface area contributed by atoms with Gasteiger partial charge < -0.3 is 15.7 Å². The van der Waals surface area contributed by atoms with Crippen LogP contribution in [0.1, 0.15) is 68.3 Å². The molecule has 0 spiro atoms. The number of hydrogen-bond acceptors (Lipinski definition) is 5. The molecule has 32 heavy (non-hydrogen) atoms. The molecule has 0 aliphatic heterocycles. The normalized spacial score (nSPS) is 16.6. The third-order valence-electron chi connectivity index (χ3n) is 6.72. The Balaban J connectivity index is 1.73. The predicted octanol–water partition coefficient (Wildman–Crippen LogP) is 4.22. The maximum absolute atomic E-state index is 13.6. The van der Waals surface area contributed by atoms with Gasteiger partial charge in [0.05, 0.1) is 35.0 Å². The number of aromatic nitrogens is 3. The number of nitrogens with zero attached hydrogens (tertiary/aromatic N) is 3. The molecule has 3 aromatic rings. The Hall–Kier alpha value is -2.93. The topological polar surface area (TPSA) is 92.1 Å². The fourth-order valence-electron chi connectivity index (χ4n) is 4.69. The number of benzene rings is 1. The molecule has 2 heterocycles. The average molecular weight is 436 g/mol. The van der Waals surface area contributed by atoms with E-state index in [2.05, 4.69) is 20.7 Å². The van der Waals surface area contributed by atoms with Crippen molar-refractivity contribution in [3.8, 4) is 0 Å². The number of fused-ring (bicyclic) bond motifs is 1. The number of carbonyl (C=O) groups is 1. The Kier molecular flexibility index (Phi) is 6.74. The molecule has 1 atom stereocenters. The van der Waals surface area contributed by atoms with Crippen molar-refractivity contribution in [2.24, 2.45) is 0 Å². The van der Waals surface area contributed by atoms with Crippen molar-refractivity contribution < 1.29 is 9.90 Å². The summed E-state index contributed by atoms with van der Waals surface area (Å²) < 4.78 is 1.84. The van der Waals surface area contributed by atoms with Gasteiger partial charge in [-0.05, 0) is 31.7 Å². The van der Waals surface area contributed by atoms with E-state index in [1.165, 1.54) is 19.3 Å². The molecule has 0 saturated heterocycles. The first-order chi connectivity index (χ1) is 15.6. The lowest BCUT2D eigenvalue weighted by atomic mass is 9.87. The lowest BCUT2D eigenvalue weighted by Crippen LogP contribution is -2.48. The molecule has 1 aliphatic carbocycles. The van der Waals surface area contributed by atoms with Crippen molar-refractivity contribution in [2.45, 2.75) is 70.5 Å². The number of pyridine rings is 1. The molecule has 3 N–H and O–H groups in total. The zero-order chi connectivity index (χ0) is 22.6. The Morgan fingerprint density at radius 1 is 1.16 bits per heavy atom. The molecule has 1 aliphatic rings. The van der Waals surface area contributed by atoms with Crippen LogP contribution < -0.4 is 10.6 Å². The number of aliphatic hydroxyl groups is 1. The van der Waals surface area contributed by atoms with Gasteiger partial charge in [0, 0.05) is 18.8 Å². The van der Waals surface area contributed by atoms with Crippen molar-refractivity contribution >= 4 is 22.6 Å². The molecule has 1 saturated carbocycles. The van der Waals surface area contributed by atoms with Gasteiger partial charge in [-0.1, -0.05) is 56.5 Å². The van der Waals surface area contributed by atoms with Gasteiger partial charge in [0.2, 0.25) is 0 Å². The van der Waals surface area contributed by atoms with Crippen LogP contribution >= 0.6 is 0 Å². The molecule has 4 rings (SSSR count). The first-order valence-corrected chi connectivity index (χ1v) is 11.7. The van der Waals surface area contributed by atoms with E-state index in [-0.39, 0.29) is 12.5 Å². The molecular weight excluding hydrogens is 402 g/mol. The molecular formula is C25H33N5O2. The molecule has 170 valence electrons. The summed E-state index contributed by atoms with van der Waals surface area (Å²) in [6.07, 6.45) is 9.83. The highest BCUT2D eigenvalue weighted by Crippen LogP contribution is 2.31. The van der Waals surface area contributed by atoms with Gasteiger partial charge in [-0.2, -0.15) is 5.10 Å². The summed E-state index contributed by atoms with van der Waals surface area (Å²) in [5.74, 6) is -0.248. The second-order valence-corrected chi connectivity index (χ2v) is 8.64. The summed E-state index contributed by atoms with van der Waals surface area (Å²) in [5, 5.41) is 22.4. The van der Waals surface area contributed by atoms with Crippen LogP contribution in [-0.2, 0) is 12.1 Å². The summed E-state index contributed by atoms with van der Waals surface area (Å²) in [6, 6.07) is 9.98. The van der Waals surface area contributed by atoms with Crippen LogP contribution in [0.2, 0.25) is 0 Å². The van der Waals surface area contributed by atoms with E-state index in [9.17, 15) is 9.90 Å². The summed E-state index contributed by atoms with van der Waals surface area (Å²) in [4.78, 5) is 18.2. The number of rotatable bonds is 8. The van der Waals surface area contributed by atoms with Crippen molar-refractivity contribution in [1.29, 1.82) is 0 Å². The van der Waals surface area contributed by atoms with Crippen LogP contribution in [0.5, 0.6) is 0 Å².